The van der Waals surface area contributed by atoms with Gasteiger partial charge in [0.05, 0.1) is 13.7 Å². The van der Waals surface area contributed by atoms with E-state index in [1.54, 1.807) is 0 Å². The molecule has 0 fully saturated rings. The summed E-state index contributed by atoms with van der Waals surface area (Å²) in [7, 11) is 1.17. The fourth-order valence-electron chi connectivity index (χ4n) is 0.723. The van der Waals surface area contributed by atoms with Crippen molar-refractivity contribution in [3.05, 3.63) is 10.4 Å². The van der Waals surface area contributed by atoms with Crippen molar-refractivity contribution in [2.75, 3.05) is 13.7 Å². The fourth-order valence-corrected chi connectivity index (χ4v) is 0.723. The number of carbonyl (C=O) groups is 1. The molecule has 0 aliphatic carbocycles. The number of nitrogens with zero attached hydrogens (tertiary/aromatic N) is 3. The molecule has 0 spiro atoms. The molecule has 0 aliphatic heterocycles. The van der Waals surface area contributed by atoms with Gasteiger partial charge in [-0.2, -0.15) is 0 Å². The zero-order valence-corrected chi connectivity index (χ0v) is 7.18. The molecule has 0 saturated heterocycles. The van der Waals surface area contributed by atoms with E-state index in [2.05, 4.69) is 14.8 Å². The molecule has 6 nitrogen and oxygen atoms in total. The number of carbonyl (C=O) groups excluding carboxylic acids is 1. The van der Waals surface area contributed by atoms with Gasteiger partial charge >= 0.3 is 5.97 Å². The number of halogens is 1. The number of rotatable bonds is 5. The van der Waals surface area contributed by atoms with Gasteiger partial charge < -0.3 is 10.5 Å². The first-order chi connectivity index (χ1) is 6.11. The third-order valence-electron chi connectivity index (χ3n) is 1.36. The minimum absolute atomic E-state index is 0.203. The maximum absolute atomic E-state index is 12.8. The number of hydrogen-bond acceptors (Lipinski definition) is 4. The van der Waals surface area contributed by atoms with Crippen molar-refractivity contribution >= 4 is 5.97 Å². The van der Waals surface area contributed by atoms with Crippen molar-refractivity contribution in [2.24, 2.45) is 10.8 Å². The lowest BCUT2D eigenvalue weighted by Gasteiger charge is -2.10. The zero-order chi connectivity index (χ0) is 10.3. The largest absolute Gasteiger partial charge is 0.468 e. The molecule has 0 heterocycles. The number of ether oxygens (including phenoxy) is 1. The Labute approximate surface area is 74.5 Å². The maximum atomic E-state index is 12.8. The molecule has 0 aromatic carbocycles. The summed E-state index contributed by atoms with van der Waals surface area (Å²) < 4.78 is 17.1. The van der Waals surface area contributed by atoms with Crippen molar-refractivity contribution in [1.29, 1.82) is 0 Å². The van der Waals surface area contributed by atoms with E-state index in [1.807, 2.05) is 0 Å². The molecule has 0 saturated carbocycles. The lowest BCUT2D eigenvalue weighted by Crippen LogP contribution is -2.34. The molecule has 0 aromatic rings. The van der Waals surface area contributed by atoms with Gasteiger partial charge in [0.1, 0.15) is 12.2 Å². The monoisotopic (exact) mass is 190 g/mol. The molecule has 13 heavy (non-hydrogen) atoms. The van der Waals surface area contributed by atoms with Crippen LogP contribution in [-0.2, 0) is 9.53 Å². The van der Waals surface area contributed by atoms with Gasteiger partial charge in [0.15, 0.2) is 0 Å². The summed E-state index contributed by atoms with van der Waals surface area (Å²) in [5.74, 6) is -0.677. The number of methoxy groups -OCH3 is 1. The quantitative estimate of drug-likeness (QED) is 0.296. The molecule has 7 heteroatoms. The first-order valence-electron chi connectivity index (χ1n) is 3.60. The van der Waals surface area contributed by atoms with Gasteiger partial charge in [-0.05, 0) is 5.53 Å². The highest BCUT2D eigenvalue weighted by Crippen LogP contribution is 2.03. The lowest BCUT2D eigenvalue weighted by molar-refractivity contribution is -0.142. The summed E-state index contributed by atoms with van der Waals surface area (Å²) in [5, 5.41) is 3.01. The van der Waals surface area contributed by atoms with Crippen LogP contribution in [0.25, 0.3) is 10.4 Å². The van der Waals surface area contributed by atoms with Gasteiger partial charge in [-0.15, -0.1) is 0 Å². The molecule has 0 aliphatic rings. The Morgan fingerprint density at radius 2 is 2.46 bits per heavy atom. The summed E-state index contributed by atoms with van der Waals surface area (Å²) in [6, 6.07) is -1.01. The summed E-state index contributed by atoms with van der Waals surface area (Å²) in [6.45, 7) is -0.318. The fraction of sp³-hybridized carbons (Fsp3) is 0.833. The van der Waals surface area contributed by atoms with Crippen molar-refractivity contribution in [3.63, 3.8) is 0 Å². The second kappa shape index (κ2) is 6.22. The summed E-state index contributed by atoms with van der Waals surface area (Å²) in [6.07, 6.45) is -1.61. The van der Waals surface area contributed by atoms with Crippen LogP contribution >= 0.6 is 0 Å². The Balaban J connectivity index is 3.83. The van der Waals surface area contributed by atoms with Gasteiger partial charge in [-0.1, -0.05) is 5.11 Å². The average Bonchev–Trinajstić information content (AvgIpc) is 2.13. The van der Waals surface area contributed by atoms with E-state index in [0.717, 1.165) is 0 Å². The van der Waals surface area contributed by atoms with E-state index < -0.39 is 18.2 Å². The van der Waals surface area contributed by atoms with Crippen molar-refractivity contribution in [2.45, 2.75) is 18.6 Å². The molecule has 0 rings (SSSR count). The van der Waals surface area contributed by atoms with E-state index >= 15 is 0 Å². The van der Waals surface area contributed by atoms with Crippen LogP contribution in [0.1, 0.15) is 6.42 Å². The van der Waals surface area contributed by atoms with Crippen molar-refractivity contribution in [1.82, 2.24) is 0 Å². The molecular weight excluding hydrogens is 179 g/mol. The normalized spacial score (nSPS) is 14.1. The summed E-state index contributed by atoms with van der Waals surface area (Å²) >= 11 is 0. The molecule has 2 N–H and O–H groups in total. The lowest BCUT2D eigenvalue weighted by atomic mass is 10.1. The number of alkyl halides is 1. The van der Waals surface area contributed by atoms with Gasteiger partial charge in [-0.25, -0.2) is 4.39 Å². The van der Waals surface area contributed by atoms with Crippen LogP contribution in [0.3, 0.4) is 0 Å². The van der Waals surface area contributed by atoms with Crippen LogP contribution in [0.15, 0.2) is 5.11 Å². The van der Waals surface area contributed by atoms with E-state index in [-0.39, 0.29) is 13.0 Å². The third-order valence-corrected chi connectivity index (χ3v) is 1.36. The number of azide groups is 1. The van der Waals surface area contributed by atoms with Crippen LogP contribution in [0.2, 0.25) is 0 Å². The van der Waals surface area contributed by atoms with Gasteiger partial charge in [-0.3, -0.25) is 4.79 Å². The van der Waals surface area contributed by atoms with Gasteiger partial charge in [0.25, 0.3) is 0 Å². The summed E-state index contributed by atoms with van der Waals surface area (Å²) in [4.78, 5) is 13.1. The number of nitrogens with two attached hydrogens (primary N) is 1. The van der Waals surface area contributed by atoms with Crippen molar-refractivity contribution in [3.8, 4) is 0 Å². The minimum Gasteiger partial charge on any atom is -0.468 e. The Bertz CT molecular complexity index is 217. The number of esters is 1. The van der Waals surface area contributed by atoms with Crippen molar-refractivity contribution < 1.29 is 13.9 Å². The summed E-state index contributed by atoms with van der Waals surface area (Å²) in [5.41, 5.74) is 13.1. The molecule has 2 atom stereocenters. The first-order valence-corrected chi connectivity index (χ1v) is 3.60. The van der Waals surface area contributed by atoms with Crippen LogP contribution in [0.5, 0.6) is 0 Å². The predicted octanol–water partition coefficient (Wildman–Crippen LogP) is 0.525. The molecule has 0 amide bonds. The van der Waals surface area contributed by atoms with E-state index in [1.165, 1.54) is 7.11 Å². The maximum Gasteiger partial charge on any atom is 0.322 e. The average molecular weight is 190 g/mol. The Morgan fingerprint density at radius 3 is 2.92 bits per heavy atom. The SMILES string of the molecule is COC(=O)[C@@H](N)C[C@@H](F)CN=[N+]=[N-]. The van der Waals surface area contributed by atoms with Crippen LogP contribution < -0.4 is 5.73 Å². The topological polar surface area (TPSA) is 101 Å². The predicted molar refractivity (Wildman–Crippen MR) is 43.5 cm³/mol. The van der Waals surface area contributed by atoms with E-state index in [4.69, 9.17) is 11.3 Å². The Hall–Kier alpha value is -1.33. The smallest absolute Gasteiger partial charge is 0.322 e. The molecule has 0 aromatic heterocycles. The van der Waals surface area contributed by atoms with Crippen LogP contribution in [0.4, 0.5) is 4.39 Å². The standard InChI is InChI=1S/C6H11FN4O2/c1-13-6(12)5(8)2-4(7)3-10-11-9/h4-5H,2-3,8H2,1H3/t4-,5+/m1/s1. The molecule has 0 bridgehead atoms. The van der Waals surface area contributed by atoms with E-state index in [9.17, 15) is 9.18 Å². The zero-order valence-electron chi connectivity index (χ0n) is 7.18. The molecule has 74 valence electrons. The molecular formula is C6H11FN4O2. The second-order valence-electron chi connectivity index (χ2n) is 2.38. The van der Waals surface area contributed by atoms with E-state index in [0.29, 0.717) is 0 Å². The van der Waals surface area contributed by atoms with Crippen LogP contribution in [-0.4, -0.2) is 31.8 Å². The van der Waals surface area contributed by atoms with Gasteiger partial charge in [0, 0.05) is 11.3 Å². The highest BCUT2D eigenvalue weighted by atomic mass is 19.1. The Kier molecular flexibility index (Phi) is 5.58. The first kappa shape index (κ1) is 11.7. The molecule has 0 unspecified atom stereocenters. The minimum atomic E-state index is -1.41. The highest BCUT2D eigenvalue weighted by Gasteiger charge is 2.18. The second-order valence-corrected chi connectivity index (χ2v) is 2.38. The van der Waals surface area contributed by atoms with Crippen LogP contribution in [0, 0.1) is 0 Å². The molecule has 0 radical (unpaired) electrons. The highest BCUT2D eigenvalue weighted by molar-refractivity contribution is 5.75. The Morgan fingerprint density at radius 1 is 1.85 bits per heavy atom. The number of hydrogen-bond donors (Lipinski definition) is 1. The van der Waals surface area contributed by atoms with Gasteiger partial charge in [0.2, 0.25) is 0 Å². The third kappa shape index (κ3) is 5.00.